The standard InChI is InChI=1S/C15H12F6N2O3/c1-26-13(25)11(3-2-4-22)23-12(24)8-5-9(14(16,17)18)7-10(6-8)15(19,20)21/h5-7,11H,2-3H2,1H3,(H,23,24)/t11-/m1/s1. The van der Waals surface area contributed by atoms with Gasteiger partial charge >= 0.3 is 18.3 Å². The van der Waals surface area contributed by atoms with Gasteiger partial charge in [-0.05, 0) is 24.6 Å². The molecule has 11 heteroatoms. The van der Waals surface area contributed by atoms with Crippen LogP contribution < -0.4 is 5.32 Å². The highest BCUT2D eigenvalue weighted by atomic mass is 19.4. The molecule has 0 radical (unpaired) electrons. The van der Waals surface area contributed by atoms with E-state index in [0.29, 0.717) is 0 Å². The van der Waals surface area contributed by atoms with Gasteiger partial charge in [0.15, 0.2) is 0 Å². The molecule has 0 aromatic heterocycles. The van der Waals surface area contributed by atoms with Crippen molar-refractivity contribution in [3.05, 3.63) is 34.9 Å². The van der Waals surface area contributed by atoms with E-state index in [1.54, 1.807) is 6.07 Å². The molecule has 0 bridgehead atoms. The molecule has 5 nitrogen and oxygen atoms in total. The SMILES string of the molecule is COC(=O)[C@@H](CCC#N)NC(=O)c1cc(C(F)(F)F)cc(C(F)(F)F)c1. The van der Waals surface area contributed by atoms with Crippen LogP contribution >= 0.6 is 0 Å². The number of nitrogens with one attached hydrogen (secondary N) is 1. The average Bonchev–Trinajstić information content (AvgIpc) is 2.55. The van der Waals surface area contributed by atoms with Gasteiger partial charge in [-0.3, -0.25) is 4.79 Å². The Hall–Kier alpha value is -2.77. The molecule has 0 saturated heterocycles. The van der Waals surface area contributed by atoms with Crippen LogP contribution in [0.2, 0.25) is 0 Å². The molecule has 1 rings (SSSR count). The number of hydrogen-bond acceptors (Lipinski definition) is 4. The normalized spacial score (nSPS) is 12.8. The number of halogens is 6. The zero-order valence-electron chi connectivity index (χ0n) is 13.2. The second-order valence-corrected chi connectivity index (χ2v) is 5.04. The van der Waals surface area contributed by atoms with Crippen LogP contribution in [0.3, 0.4) is 0 Å². The van der Waals surface area contributed by atoms with Crippen molar-refractivity contribution in [1.29, 1.82) is 5.26 Å². The highest BCUT2D eigenvalue weighted by molar-refractivity contribution is 5.97. The summed E-state index contributed by atoms with van der Waals surface area (Å²) in [7, 11) is 0.972. The number of nitrogens with zero attached hydrogens (tertiary/aromatic N) is 1. The second kappa shape index (κ2) is 8.07. The van der Waals surface area contributed by atoms with Crippen LogP contribution in [0.1, 0.15) is 34.3 Å². The molecule has 0 unspecified atom stereocenters. The molecular formula is C15H12F6N2O3. The lowest BCUT2D eigenvalue weighted by Gasteiger charge is -2.17. The van der Waals surface area contributed by atoms with E-state index in [9.17, 15) is 35.9 Å². The molecule has 0 aliphatic heterocycles. The highest BCUT2D eigenvalue weighted by Crippen LogP contribution is 2.36. The van der Waals surface area contributed by atoms with Gasteiger partial charge in [0.2, 0.25) is 0 Å². The van der Waals surface area contributed by atoms with Crippen LogP contribution in [0.5, 0.6) is 0 Å². The Labute approximate surface area is 143 Å². The van der Waals surface area contributed by atoms with Gasteiger partial charge in [0.25, 0.3) is 5.91 Å². The van der Waals surface area contributed by atoms with Gasteiger partial charge in [-0.2, -0.15) is 31.6 Å². The summed E-state index contributed by atoms with van der Waals surface area (Å²) in [6, 6.07) is 0.657. The summed E-state index contributed by atoms with van der Waals surface area (Å²) in [4.78, 5) is 23.6. The van der Waals surface area contributed by atoms with Crippen LogP contribution in [-0.4, -0.2) is 25.0 Å². The van der Waals surface area contributed by atoms with E-state index in [4.69, 9.17) is 5.26 Å². The third-order valence-corrected chi connectivity index (χ3v) is 3.19. The van der Waals surface area contributed by atoms with Crippen molar-refractivity contribution in [3.63, 3.8) is 0 Å². The maximum absolute atomic E-state index is 12.8. The van der Waals surface area contributed by atoms with Crippen molar-refractivity contribution < 1.29 is 40.7 Å². The number of nitriles is 1. The van der Waals surface area contributed by atoms with Gasteiger partial charge in [-0.25, -0.2) is 4.79 Å². The Morgan fingerprint density at radius 3 is 2.00 bits per heavy atom. The number of hydrogen-bond donors (Lipinski definition) is 1. The maximum atomic E-state index is 12.8. The Bertz CT molecular complexity index is 689. The number of carbonyl (C=O) groups is 2. The Balaban J connectivity index is 3.25. The van der Waals surface area contributed by atoms with E-state index in [1.165, 1.54) is 0 Å². The summed E-state index contributed by atoms with van der Waals surface area (Å²) < 4.78 is 81.2. The van der Waals surface area contributed by atoms with Crippen LogP contribution in [0.4, 0.5) is 26.3 Å². The summed E-state index contributed by atoms with van der Waals surface area (Å²) >= 11 is 0. The van der Waals surface area contributed by atoms with Crippen molar-refractivity contribution in [2.75, 3.05) is 7.11 Å². The summed E-state index contributed by atoms with van der Waals surface area (Å²) in [6.45, 7) is 0. The maximum Gasteiger partial charge on any atom is 0.416 e. The summed E-state index contributed by atoms with van der Waals surface area (Å²) in [5.41, 5.74) is -4.26. The van der Waals surface area contributed by atoms with Crippen LogP contribution in [0.15, 0.2) is 18.2 Å². The minimum Gasteiger partial charge on any atom is -0.467 e. The first-order chi connectivity index (χ1) is 11.9. The van der Waals surface area contributed by atoms with Gasteiger partial charge in [-0.1, -0.05) is 0 Å². The van der Waals surface area contributed by atoms with Crippen molar-refractivity contribution in [3.8, 4) is 6.07 Å². The summed E-state index contributed by atoms with van der Waals surface area (Å²) in [6.07, 6.45) is -10.6. The molecule has 1 atom stereocenters. The molecule has 1 amide bonds. The molecule has 1 N–H and O–H groups in total. The minimum atomic E-state index is -5.11. The van der Waals surface area contributed by atoms with Crippen molar-refractivity contribution in [1.82, 2.24) is 5.32 Å². The molecule has 0 heterocycles. The molecule has 0 aliphatic rings. The monoisotopic (exact) mass is 382 g/mol. The number of ether oxygens (including phenoxy) is 1. The zero-order chi connectivity index (χ0) is 20.1. The lowest BCUT2D eigenvalue weighted by molar-refractivity contribution is -0.144. The van der Waals surface area contributed by atoms with E-state index in [0.717, 1.165) is 7.11 Å². The third kappa shape index (κ3) is 5.65. The summed E-state index contributed by atoms with van der Waals surface area (Å²) in [5.74, 6) is -2.33. The third-order valence-electron chi connectivity index (χ3n) is 3.19. The van der Waals surface area contributed by atoms with Gasteiger partial charge in [-0.15, -0.1) is 0 Å². The van der Waals surface area contributed by atoms with E-state index in [-0.39, 0.29) is 31.0 Å². The topological polar surface area (TPSA) is 79.2 Å². The van der Waals surface area contributed by atoms with Crippen molar-refractivity contribution in [2.24, 2.45) is 0 Å². The Morgan fingerprint density at radius 2 is 1.62 bits per heavy atom. The largest absolute Gasteiger partial charge is 0.467 e. The first-order valence-corrected chi connectivity index (χ1v) is 6.95. The second-order valence-electron chi connectivity index (χ2n) is 5.04. The van der Waals surface area contributed by atoms with Gasteiger partial charge < -0.3 is 10.1 Å². The van der Waals surface area contributed by atoms with E-state index in [2.05, 4.69) is 4.74 Å². The fourth-order valence-electron chi connectivity index (χ4n) is 1.93. The number of esters is 1. The van der Waals surface area contributed by atoms with Gasteiger partial charge in [0, 0.05) is 12.0 Å². The number of amides is 1. The van der Waals surface area contributed by atoms with Crippen LogP contribution in [0.25, 0.3) is 0 Å². The smallest absolute Gasteiger partial charge is 0.416 e. The molecule has 26 heavy (non-hydrogen) atoms. The fourth-order valence-corrected chi connectivity index (χ4v) is 1.93. The van der Waals surface area contributed by atoms with E-state index < -0.39 is 47.0 Å². The molecule has 0 saturated carbocycles. The molecule has 0 spiro atoms. The van der Waals surface area contributed by atoms with Crippen molar-refractivity contribution >= 4 is 11.9 Å². The molecule has 142 valence electrons. The molecule has 1 aromatic carbocycles. The van der Waals surface area contributed by atoms with Crippen LogP contribution in [-0.2, 0) is 21.9 Å². The highest BCUT2D eigenvalue weighted by Gasteiger charge is 2.37. The van der Waals surface area contributed by atoms with Gasteiger partial charge in [0.05, 0.1) is 24.3 Å². The average molecular weight is 382 g/mol. The first-order valence-electron chi connectivity index (χ1n) is 6.95. The predicted molar refractivity (Wildman–Crippen MR) is 74.6 cm³/mol. The quantitative estimate of drug-likeness (QED) is 0.626. The lowest BCUT2D eigenvalue weighted by atomic mass is 10.0. The van der Waals surface area contributed by atoms with Crippen LogP contribution in [0, 0.1) is 11.3 Å². The molecular weight excluding hydrogens is 370 g/mol. The lowest BCUT2D eigenvalue weighted by Crippen LogP contribution is -2.41. The predicted octanol–water partition coefficient (Wildman–Crippen LogP) is 3.30. The molecule has 0 aliphatic carbocycles. The molecule has 0 fully saturated rings. The van der Waals surface area contributed by atoms with Crippen molar-refractivity contribution in [2.45, 2.75) is 31.2 Å². The number of methoxy groups -OCH3 is 1. The number of rotatable bonds is 5. The van der Waals surface area contributed by atoms with E-state index in [1.807, 2.05) is 5.32 Å². The minimum absolute atomic E-state index is 0.121. The zero-order valence-corrected chi connectivity index (χ0v) is 13.2. The van der Waals surface area contributed by atoms with E-state index >= 15 is 0 Å². The fraction of sp³-hybridized carbons (Fsp3) is 0.400. The van der Waals surface area contributed by atoms with Gasteiger partial charge in [0.1, 0.15) is 6.04 Å². The number of carbonyl (C=O) groups excluding carboxylic acids is 2. The Kier molecular flexibility index (Phi) is 6.60. The number of alkyl halides is 6. The first kappa shape index (κ1) is 21.3. The Morgan fingerprint density at radius 1 is 1.12 bits per heavy atom. The summed E-state index contributed by atoms with van der Waals surface area (Å²) in [5, 5.41) is 10.5. The number of benzene rings is 1. The molecule has 1 aromatic rings.